The highest BCUT2D eigenvalue weighted by molar-refractivity contribution is 5.98. The zero-order valence-electron chi connectivity index (χ0n) is 15.1. The van der Waals surface area contributed by atoms with Gasteiger partial charge in [0.1, 0.15) is 5.82 Å². The first kappa shape index (κ1) is 18.3. The van der Waals surface area contributed by atoms with E-state index in [0.29, 0.717) is 0 Å². The predicted molar refractivity (Wildman–Crippen MR) is 99.4 cm³/mol. The number of nitrogens with two attached hydrogens (primary N) is 2. The van der Waals surface area contributed by atoms with E-state index in [1.165, 1.54) is 32.4 Å². The lowest BCUT2D eigenvalue weighted by molar-refractivity contribution is 0.100. The summed E-state index contributed by atoms with van der Waals surface area (Å²) in [5.41, 5.74) is 12.6. The van der Waals surface area contributed by atoms with Crippen molar-refractivity contribution in [2.24, 2.45) is 12.8 Å². The Hall–Kier alpha value is -2.45. The van der Waals surface area contributed by atoms with Crippen LogP contribution in [0.1, 0.15) is 29.6 Å². The molecule has 1 unspecified atom stereocenters. The van der Waals surface area contributed by atoms with Crippen LogP contribution in [-0.4, -0.2) is 57.9 Å². The number of ether oxygens (including phenoxy) is 1. The van der Waals surface area contributed by atoms with E-state index in [9.17, 15) is 4.79 Å². The highest BCUT2D eigenvalue weighted by Gasteiger charge is 2.24. The van der Waals surface area contributed by atoms with Crippen LogP contribution in [0.15, 0.2) is 24.7 Å². The highest BCUT2D eigenvalue weighted by atomic mass is 16.5. The molecule has 26 heavy (non-hydrogen) atoms. The largest absolute Gasteiger partial charge is 0.383 e. The van der Waals surface area contributed by atoms with E-state index < -0.39 is 5.91 Å². The van der Waals surface area contributed by atoms with E-state index in [0.717, 1.165) is 30.4 Å². The number of hydrogen-bond donors (Lipinski definition) is 2. The van der Waals surface area contributed by atoms with Crippen molar-refractivity contribution in [1.29, 1.82) is 0 Å². The number of pyridine rings is 1. The number of aromatic nitrogens is 3. The molecular weight excluding hydrogens is 332 g/mol. The fourth-order valence-corrected chi connectivity index (χ4v) is 3.32. The Morgan fingerprint density at radius 2 is 2.04 bits per heavy atom. The molecule has 1 amide bonds. The van der Waals surface area contributed by atoms with E-state index in [-0.39, 0.29) is 11.4 Å². The lowest BCUT2D eigenvalue weighted by atomic mass is 10.1. The van der Waals surface area contributed by atoms with Gasteiger partial charge in [-0.2, -0.15) is 5.10 Å². The van der Waals surface area contributed by atoms with Crippen molar-refractivity contribution in [1.82, 2.24) is 19.7 Å². The topological polar surface area (TPSA) is 112 Å². The van der Waals surface area contributed by atoms with Crippen molar-refractivity contribution in [2.75, 3.05) is 32.0 Å². The number of amides is 1. The molecule has 2 aromatic rings. The average molecular weight is 358 g/mol. The second kappa shape index (κ2) is 8.29. The standard InChI is InChI=1S/C10H11N5O.C8H15NO/c1-15-5-7(4-14-15)6-2-8(10(12)16)9(11)13-3-6;1-2-5-9(4-1)8-3-6-10-7-8/h2-5H,1H3,(H2,11,13)(H2,12,16);8H,1-7H2. The van der Waals surface area contributed by atoms with Gasteiger partial charge in [-0.1, -0.05) is 0 Å². The maximum Gasteiger partial charge on any atom is 0.252 e. The molecule has 2 saturated heterocycles. The molecule has 4 N–H and O–H groups in total. The first-order valence-electron chi connectivity index (χ1n) is 8.90. The smallest absolute Gasteiger partial charge is 0.252 e. The van der Waals surface area contributed by atoms with Gasteiger partial charge < -0.3 is 16.2 Å². The van der Waals surface area contributed by atoms with E-state index >= 15 is 0 Å². The van der Waals surface area contributed by atoms with Gasteiger partial charge in [-0.25, -0.2) is 4.98 Å². The Bertz CT molecular complexity index is 734. The molecule has 4 heterocycles. The predicted octanol–water partition coefficient (Wildman–Crippen LogP) is 1.03. The van der Waals surface area contributed by atoms with Crippen LogP contribution < -0.4 is 11.5 Å². The molecule has 1 atom stereocenters. The number of nitrogens with zero attached hydrogens (tertiary/aromatic N) is 4. The first-order valence-corrected chi connectivity index (χ1v) is 8.90. The van der Waals surface area contributed by atoms with E-state index in [1.807, 2.05) is 13.2 Å². The molecule has 0 aliphatic carbocycles. The van der Waals surface area contributed by atoms with Crippen LogP contribution in [0.3, 0.4) is 0 Å². The van der Waals surface area contributed by atoms with Crippen LogP contribution in [0.2, 0.25) is 0 Å². The second-order valence-corrected chi connectivity index (χ2v) is 6.68. The van der Waals surface area contributed by atoms with Gasteiger partial charge in [0.25, 0.3) is 5.91 Å². The maximum absolute atomic E-state index is 11.1. The Labute approximate surface area is 153 Å². The van der Waals surface area contributed by atoms with Gasteiger partial charge in [0.05, 0.1) is 18.4 Å². The molecule has 2 aliphatic rings. The summed E-state index contributed by atoms with van der Waals surface area (Å²) in [4.78, 5) is 17.6. The molecule has 8 nitrogen and oxygen atoms in total. The van der Waals surface area contributed by atoms with Gasteiger partial charge in [0, 0.05) is 43.2 Å². The van der Waals surface area contributed by atoms with Crippen molar-refractivity contribution in [2.45, 2.75) is 25.3 Å². The third kappa shape index (κ3) is 4.39. The molecule has 0 radical (unpaired) electrons. The average Bonchev–Trinajstić information content (AvgIpc) is 3.37. The number of hydrogen-bond acceptors (Lipinski definition) is 6. The van der Waals surface area contributed by atoms with Gasteiger partial charge in [0.15, 0.2) is 0 Å². The second-order valence-electron chi connectivity index (χ2n) is 6.68. The molecule has 0 bridgehead atoms. The zero-order valence-corrected chi connectivity index (χ0v) is 15.1. The van der Waals surface area contributed by atoms with Crippen LogP contribution in [0.25, 0.3) is 11.1 Å². The third-order valence-electron chi connectivity index (χ3n) is 4.78. The zero-order chi connectivity index (χ0) is 18.5. The van der Waals surface area contributed by atoms with Gasteiger partial charge >= 0.3 is 0 Å². The molecule has 8 heteroatoms. The van der Waals surface area contributed by atoms with Crippen LogP contribution in [-0.2, 0) is 11.8 Å². The maximum atomic E-state index is 11.1. The fraction of sp³-hybridized carbons (Fsp3) is 0.500. The normalized spacial score (nSPS) is 20.0. The Morgan fingerprint density at radius 1 is 1.27 bits per heavy atom. The monoisotopic (exact) mass is 358 g/mol. The van der Waals surface area contributed by atoms with Crippen LogP contribution in [0, 0.1) is 0 Å². The Morgan fingerprint density at radius 3 is 2.62 bits per heavy atom. The van der Waals surface area contributed by atoms with Gasteiger partial charge in [-0.05, 0) is 38.4 Å². The quantitative estimate of drug-likeness (QED) is 0.847. The Kier molecular flexibility index (Phi) is 5.85. The number of carbonyl (C=O) groups excluding carboxylic acids is 1. The number of likely N-dealkylation sites (tertiary alicyclic amines) is 1. The number of rotatable bonds is 3. The van der Waals surface area contributed by atoms with Crippen molar-refractivity contribution < 1.29 is 9.53 Å². The lowest BCUT2D eigenvalue weighted by Gasteiger charge is -2.20. The third-order valence-corrected chi connectivity index (χ3v) is 4.78. The van der Waals surface area contributed by atoms with E-state index in [2.05, 4.69) is 15.0 Å². The highest BCUT2D eigenvalue weighted by Crippen LogP contribution is 2.21. The summed E-state index contributed by atoms with van der Waals surface area (Å²) < 4.78 is 6.99. The van der Waals surface area contributed by atoms with Gasteiger partial charge in [-0.3, -0.25) is 14.4 Å². The minimum absolute atomic E-state index is 0.139. The molecule has 2 fully saturated rings. The molecule has 4 rings (SSSR count). The van der Waals surface area contributed by atoms with Crippen molar-refractivity contribution in [3.05, 3.63) is 30.2 Å². The van der Waals surface area contributed by atoms with Crippen LogP contribution in [0.4, 0.5) is 5.82 Å². The number of primary amides is 1. The van der Waals surface area contributed by atoms with Gasteiger partial charge in [0.2, 0.25) is 0 Å². The SMILES string of the molecule is C1CCN(C2CCOC2)C1.Cn1cc(-c2cnc(N)c(C(N)=O)c2)cn1. The van der Waals surface area contributed by atoms with Crippen LogP contribution in [0.5, 0.6) is 0 Å². The molecule has 0 spiro atoms. The summed E-state index contributed by atoms with van der Waals surface area (Å²) in [6, 6.07) is 2.38. The molecule has 2 aromatic heterocycles. The van der Waals surface area contributed by atoms with E-state index in [1.54, 1.807) is 23.1 Å². The molecule has 140 valence electrons. The fourth-order valence-electron chi connectivity index (χ4n) is 3.32. The summed E-state index contributed by atoms with van der Waals surface area (Å²) in [5.74, 6) is -0.448. The summed E-state index contributed by atoms with van der Waals surface area (Å²) in [6.07, 6.45) is 9.14. The Balaban J connectivity index is 0.000000167. The minimum atomic E-state index is -0.587. The number of aryl methyl sites for hydroxylation is 1. The van der Waals surface area contributed by atoms with Gasteiger partial charge in [-0.15, -0.1) is 0 Å². The number of anilines is 1. The summed E-state index contributed by atoms with van der Waals surface area (Å²) in [6.45, 7) is 4.60. The lowest BCUT2D eigenvalue weighted by Crippen LogP contribution is -2.32. The van der Waals surface area contributed by atoms with Crippen LogP contribution >= 0.6 is 0 Å². The van der Waals surface area contributed by atoms with Crippen molar-refractivity contribution in [3.8, 4) is 11.1 Å². The minimum Gasteiger partial charge on any atom is -0.383 e. The van der Waals surface area contributed by atoms with Crippen molar-refractivity contribution >= 4 is 11.7 Å². The number of carbonyl (C=O) groups is 1. The summed E-state index contributed by atoms with van der Waals surface area (Å²) >= 11 is 0. The molecule has 2 aliphatic heterocycles. The van der Waals surface area contributed by atoms with Crippen molar-refractivity contribution in [3.63, 3.8) is 0 Å². The van der Waals surface area contributed by atoms with E-state index in [4.69, 9.17) is 16.2 Å². The molecule has 0 aromatic carbocycles. The summed E-state index contributed by atoms with van der Waals surface area (Å²) in [5, 5.41) is 4.03. The molecule has 0 saturated carbocycles. The first-order chi connectivity index (χ1) is 12.5. The number of nitrogen functional groups attached to an aromatic ring is 1. The summed E-state index contributed by atoms with van der Waals surface area (Å²) in [7, 11) is 1.81. The molecular formula is C18H26N6O2.